The van der Waals surface area contributed by atoms with Crippen molar-refractivity contribution in [3.05, 3.63) is 158 Å². The van der Waals surface area contributed by atoms with Gasteiger partial charge in [-0.1, -0.05) is 152 Å². The fourth-order valence-corrected chi connectivity index (χ4v) is 7.14. The van der Waals surface area contributed by atoms with E-state index < -0.39 is 0 Å². The number of hydrogen-bond acceptors (Lipinski definition) is 0. The molecule has 9 rings (SSSR count). The minimum Gasteiger partial charge on any atom is -0.0616 e. The van der Waals surface area contributed by atoms with E-state index in [4.69, 9.17) is 0 Å². The van der Waals surface area contributed by atoms with E-state index in [-0.39, 0.29) is 0 Å². The Morgan fingerprint density at radius 3 is 1.52 bits per heavy atom. The topological polar surface area (TPSA) is 0 Å². The van der Waals surface area contributed by atoms with Gasteiger partial charge in [0, 0.05) is 0 Å². The van der Waals surface area contributed by atoms with E-state index in [1.165, 1.54) is 86.9 Å². The third kappa shape index (κ3) is 3.36. The van der Waals surface area contributed by atoms with Crippen LogP contribution in [0.2, 0.25) is 0 Å². The minimum absolute atomic E-state index is 1.25. The highest BCUT2D eigenvalue weighted by molar-refractivity contribution is 6.29. The lowest BCUT2D eigenvalue weighted by atomic mass is 9.82. The molecular formula is C42H26. The van der Waals surface area contributed by atoms with E-state index in [0.717, 1.165) is 0 Å². The molecular weight excluding hydrogens is 504 g/mol. The van der Waals surface area contributed by atoms with Crippen molar-refractivity contribution in [2.75, 3.05) is 0 Å². The molecule has 0 unspecified atom stereocenters. The zero-order chi connectivity index (χ0) is 27.6. The normalized spacial score (nSPS) is 11.8. The third-order valence-corrected chi connectivity index (χ3v) is 9.01. The Kier molecular flexibility index (Phi) is 5.00. The maximum absolute atomic E-state index is 2.41. The van der Waals surface area contributed by atoms with Crippen LogP contribution >= 0.6 is 0 Å². The van der Waals surface area contributed by atoms with Gasteiger partial charge >= 0.3 is 0 Å². The van der Waals surface area contributed by atoms with Gasteiger partial charge in [0.05, 0.1) is 0 Å². The Hall–Kier alpha value is -5.46. The highest BCUT2D eigenvalue weighted by Crippen LogP contribution is 2.47. The second kappa shape index (κ2) is 9.03. The molecule has 0 bridgehead atoms. The van der Waals surface area contributed by atoms with Crippen molar-refractivity contribution in [2.45, 2.75) is 0 Å². The van der Waals surface area contributed by atoms with Crippen LogP contribution in [-0.4, -0.2) is 0 Å². The molecule has 0 heterocycles. The molecule has 0 amide bonds. The predicted octanol–water partition coefficient (Wildman–Crippen LogP) is 11.9. The fraction of sp³-hybridized carbons (Fsp3) is 0. The Balaban J connectivity index is 1.50. The van der Waals surface area contributed by atoms with Crippen LogP contribution in [0.25, 0.3) is 86.9 Å². The number of fused-ring (bicyclic) bond motifs is 8. The van der Waals surface area contributed by atoms with E-state index in [9.17, 15) is 0 Å². The zero-order valence-corrected chi connectivity index (χ0v) is 23.0. The van der Waals surface area contributed by atoms with Crippen LogP contribution in [0.5, 0.6) is 0 Å². The molecule has 0 nitrogen and oxygen atoms in total. The first-order valence-corrected chi connectivity index (χ1v) is 14.6. The molecule has 0 radical (unpaired) electrons. The molecule has 0 aromatic heterocycles. The van der Waals surface area contributed by atoms with Gasteiger partial charge in [-0.05, 0) is 93.0 Å². The van der Waals surface area contributed by atoms with Gasteiger partial charge in [-0.2, -0.15) is 0 Å². The molecule has 0 aliphatic heterocycles. The molecule has 194 valence electrons. The van der Waals surface area contributed by atoms with E-state index >= 15 is 0 Å². The molecule has 0 fully saturated rings. The Morgan fingerprint density at radius 1 is 0.262 bits per heavy atom. The molecule has 9 aromatic rings. The van der Waals surface area contributed by atoms with Crippen LogP contribution in [0.3, 0.4) is 0 Å². The second-order valence-corrected chi connectivity index (χ2v) is 11.3. The number of rotatable bonds is 2. The molecule has 0 heteroatoms. The lowest BCUT2D eigenvalue weighted by molar-refractivity contribution is 1.69. The first-order chi connectivity index (χ1) is 20.8. The summed E-state index contributed by atoms with van der Waals surface area (Å²) in [6.45, 7) is 0. The zero-order valence-electron chi connectivity index (χ0n) is 23.0. The van der Waals surface area contributed by atoms with Crippen molar-refractivity contribution < 1.29 is 0 Å². The summed E-state index contributed by atoms with van der Waals surface area (Å²) in [4.78, 5) is 0. The van der Waals surface area contributed by atoms with Crippen LogP contribution in [-0.2, 0) is 0 Å². The quantitative estimate of drug-likeness (QED) is 0.154. The lowest BCUT2D eigenvalue weighted by Crippen LogP contribution is -1.93. The summed E-state index contributed by atoms with van der Waals surface area (Å²) in [5.74, 6) is 0. The molecule has 0 saturated heterocycles. The maximum Gasteiger partial charge on any atom is -0.00141 e. The summed E-state index contributed by atoms with van der Waals surface area (Å²) in [5.41, 5.74) is 5.14. The van der Waals surface area contributed by atoms with Crippen LogP contribution in [0.15, 0.2) is 158 Å². The largest absolute Gasteiger partial charge is 0.0616 e. The summed E-state index contributed by atoms with van der Waals surface area (Å²) < 4.78 is 0. The average molecular weight is 531 g/mol. The summed E-state index contributed by atoms with van der Waals surface area (Å²) >= 11 is 0. The average Bonchev–Trinajstić information content (AvgIpc) is 3.06. The van der Waals surface area contributed by atoms with Crippen LogP contribution < -0.4 is 0 Å². The van der Waals surface area contributed by atoms with Crippen molar-refractivity contribution in [3.63, 3.8) is 0 Å². The van der Waals surface area contributed by atoms with E-state index in [2.05, 4.69) is 158 Å². The SMILES string of the molecule is c1ccc2c(-c3c4ccccc4c(-c4ccc5ccc6ccccc6c5c4)c4c3ccc3ccccc34)cccc2c1. The third-order valence-electron chi connectivity index (χ3n) is 9.01. The van der Waals surface area contributed by atoms with Gasteiger partial charge < -0.3 is 0 Å². The molecule has 0 N–H and O–H groups in total. The first-order valence-electron chi connectivity index (χ1n) is 14.6. The van der Waals surface area contributed by atoms with Gasteiger partial charge in [0.25, 0.3) is 0 Å². The van der Waals surface area contributed by atoms with Gasteiger partial charge in [0.1, 0.15) is 0 Å². The van der Waals surface area contributed by atoms with E-state index in [1.807, 2.05) is 0 Å². The Morgan fingerprint density at radius 2 is 0.762 bits per heavy atom. The highest BCUT2D eigenvalue weighted by atomic mass is 14.2. The number of hydrogen-bond donors (Lipinski definition) is 0. The van der Waals surface area contributed by atoms with Gasteiger partial charge in [0.2, 0.25) is 0 Å². The summed E-state index contributed by atoms with van der Waals surface area (Å²) in [6, 6.07) is 58.1. The Labute approximate surface area is 244 Å². The van der Waals surface area contributed by atoms with Crippen LogP contribution in [0.4, 0.5) is 0 Å². The monoisotopic (exact) mass is 530 g/mol. The predicted molar refractivity (Wildman–Crippen MR) is 182 cm³/mol. The van der Waals surface area contributed by atoms with Crippen molar-refractivity contribution in [1.29, 1.82) is 0 Å². The fourth-order valence-electron chi connectivity index (χ4n) is 7.14. The van der Waals surface area contributed by atoms with Gasteiger partial charge in [-0.25, -0.2) is 0 Å². The van der Waals surface area contributed by atoms with Crippen LogP contribution in [0, 0.1) is 0 Å². The minimum atomic E-state index is 1.25. The van der Waals surface area contributed by atoms with Crippen molar-refractivity contribution in [1.82, 2.24) is 0 Å². The molecule has 42 heavy (non-hydrogen) atoms. The molecule has 0 saturated carbocycles. The van der Waals surface area contributed by atoms with Gasteiger partial charge in [-0.15, -0.1) is 0 Å². The standard InChI is InChI=1S/C42H26/c1-4-14-32-27(10-1)13-9-19-35(32)41-37-18-8-7-17-36(37)40(42-34-16-6-3-12-29(34)24-25-38(41)42)31-23-22-30-21-20-28-11-2-5-15-33(28)39(30)26-31/h1-26H. The number of benzene rings is 9. The summed E-state index contributed by atoms with van der Waals surface area (Å²) in [7, 11) is 0. The van der Waals surface area contributed by atoms with E-state index in [1.54, 1.807) is 0 Å². The highest BCUT2D eigenvalue weighted by Gasteiger charge is 2.20. The first kappa shape index (κ1) is 23.3. The van der Waals surface area contributed by atoms with Crippen molar-refractivity contribution >= 4 is 64.6 Å². The molecule has 0 aliphatic carbocycles. The summed E-state index contributed by atoms with van der Waals surface area (Å²) in [5, 5.41) is 15.4. The second-order valence-electron chi connectivity index (χ2n) is 11.3. The smallest absolute Gasteiger partial charge is 0.00141 e. The van der Waals surface area contributed by atoms with Gasteiger partial charge in [-0.3, -0.25) is 0 Å². The van der Waals surface area contributed by atoms with E-state index in [0.29, 0.717) is 0 Å². The van der Waals surface area contributed by atoms with Crippen LogP contribution in [0.1, 0.15) is 0 Å². The Bertz CT molecular complexity index is 2510. The maximum atomic E-state index is 2.41. The molecule has 9 aromatic carbocycles. The van der Waals surface area contributed by atoms with Crippen molar-refractivity contribution in [3.8, 4) is 22.3 Å². The molecule has 0 atom stereocenters. The lowest BCUT2D eigenvalue weighted by Gasteiger charge is -2.20. The molecule has 0 spiro atoms. The van der Waals surface area contributed by atoms with Gasteiger partial charge in [0.15, 0.2) is 0 Å². The summed E-state index contributed by atoms with van der Waals surface area (Å²) in [6.07, 6.45) is 0. The van der Waals surface area contributed by atoms with Crippen molar-refractivity contribution in [2.24, 2.45) is 0 Å². The molecule has 0 aliphatic rings.